The Morgan fingerprint density at radius 3 is 2.53 bits per heavy atom. The van der Waals surface area contributed by atoms with Gasteiger partial charge in [-0.2, -0.15) is 0 Å². The van der Waals surface area contributed by atoms with Gasteiger partial charge in [0.2, 0.25) is 5.28 Å². The van der Waals surface area contributed by atoms with Crippen LogP contribution < -0.4 is 5.73 Å². The van der Waals surface area contributed by atoms with E-state index in [9.17, 15) is 0 Å². The van der Waals surface area contributed by atoms with Crippen molar-refractivity contribution in [2.24, 2.45) is 5.73 Å². The first-order valence-corrected chi connectivity index (χ1v) is 4.96. The molecule has 0 saturated heterocycles. The van der Waals surface area contributed by atoms with Crippen LogP contribution in [-0.4, -0.2) is 9.97 Å². The first-order chi connectivity index (χ1) is 7.29. The number of halogens is 1. The molecule has 1 aromatic heterocycles. The van der Waals surface area contributed by atoms with Gasteiger partial charge in [-0.15, -0.1) is 0 Å². The van der Waals surface area contributed by atoms with Gasteiger partial charge in [-0.25, -0.2) is 9.97 Å². The van der Waals surface area contributed by atoms with Crippen LogP contribution in [0.3, 0.4) is 0 Å². The molecule has 0 bridgehead atoms. The maximum absolute atomic E-state index is 5.80. The molecular weight excluding hydrogens is 210 g/mol. The van der Waals surface area contributed by atoms with Crippen molar-refractivity contribution in [1.82, 2.24) is 9.97 Å². The third-order valence-corrected chi connectivity index (χ3v) is 2.20. The lowest BCUT2D eigenvalue weighted by Gasteiger charge is -2.03. The first-order valence-electron chi connectivity index (χ1n) is 4.58. The van der Waals surface area contributed by atoms with Gasteiger partial charge in [0.15, 0.2) is 0 Å². The number of benzene rings is 1. The highest BCUT2D eigenvalue weighted by molar-refractivity contribution is 6.28. The second-order valence-electron chi connectivity index (χ2n) is 3.08. The van der Waals surface area contributed by atoms with E-state index < -0.39 is 0 Å². The Hall–Kier alpha value is -1.45. The standard InChI is InChI=1S/C11H10ClN3/c12-11-14-9(7-13)6-10(15-11)8-4-2-1-3-5-8/h1-6H,7,13H2. The van der Waals surface area contributed by atoms with Crippen molar-refractivity contribution >= 4 is 11.6 Å². The molecule has 76 valence electrons. The average molecular weight is 220 g/mol. The molecule has 0 aliphatic carbocycles. The third kappa shape index (κ3) is 2.32. The maximum atomic E-state index is 5.80. The molecule has 0 fully saturated rings. The molecule has 15 heavy (non-hydrogen) atoms. The van der Waals surface area contributed by atoms with Crippen LogP contribution in [0, 0.1) is 0 Å². The van der Waals surface area contributed by atoms with Crippen LogP contribution in [0.25, 0.3) is 11.3 Å². The predicted octanol–water partition coefficient (Wildman–Crippen LogP) is 2.26. The Labute approximate surface area is 92.9 Å². The molecule has 2 aromatic rings. The van der Waals surface area contributed by atoms with Gasteiger partial charge in [-0.05, 0) is 17.7 Å². The van der Waals surface area contributed by atoms with Gasteiger partial charge in [-0.3, -0.25) is 0 Å². The van der Waals surface area contributed by atoms with E-state index in [1.807, 2.05) is 36.4 Å². The minimum atomic E-state index is 0.233. The second kappa shape index (κ2) is 4.38. The maximum Gasteiger partial charge on any atom is 0.223 e. The molecule has 0 amide bonds. The number of hydrogen-bond donors (Lipinski definition) is 1. The SMILES string of the molecule is NCc1cc(-c2ccccc2)nc(Cl)n1. The molecule has 0 aliphatic rings. The summed E-state index contributed by atoms with van der Waals surface area (Å²) in [5.74, 6) is 0. The van der Waals surface area contributed by atoms with Crippen LogP contribution in [0.5, 0.6) is 0 Å². The fourth-order valence-corrected chi connectivity index (χ4v) is 1.53. The van der Waals surface area contributed by atoms with Gasteiger partial charge in [0.25, 0.3) is 0 Å². The molecule has 0 aliphatic heterocycles. The smallest absolute Gasteiger partial charge is 0.223 e. The van der Waals surface area contributed by atoms with Gasteiger partial charge in [0, 0.05) is 12.1 Å². The molecule has 0 radical (unpaired) electrons. The van der Waals surface area contributed by atoms with E-state index in [4.69, 9.17) is 17.3 Å². The van der Waals surface area contributed by atoms with Crippen LogP contribution >= 0.6 is 11.6 Å². The summed E-state index contributed by atoms with van der Waals surface area (Å²) < 4.78 is 0. The molecule has 0 saturated carbocycles. The Morgan fingerprint density at radius 2 is 1.87 bits per heavy atom. The second-order valence-corrected chi connectivity index (χ2v) is 3.42. The van der Waals surface area contributed by atoms with E-state index in [2.05, 4.69) is 9.97 Å². The Morgan fingerprint density at radius 1 is 1.13 bits per heavy atom. The third-order valence-electron chi connectivity index (χ3n) is 2.03. The summed E-state index contributed by atoms with van der Waals surface area (Å²) in [4.78, 5) is 8.16. The first kappa shape index (κ1) is 10.1. The van der Waals surface area contributed by atoms with Crippen molar-refractivity contribution < 1.29 is 0 Å². The molecule has 4 heteroatoms. The van der Waals surface area contributed by atoms with E-state index >= 15 is 0 Å². The van der Waals surface area contributed by atoms with Crippen molar-refractivity contribution in [2.75, 3.05) is 0 Å². The van der Waals surface area contributed by atoms with Crippen LogP contribution in [-0.2, 0) is 6.54 Å². The minimum Gasteiger partial charge on any atom is -0.325 e. The summed E-state index contributed by atoms with van der Waals surface area (Å²) in [5.41, 5.74) is 8.07. The van der Waals surface area contributed by atoms with Crippen molar-refractivity contribution in [3.8, 4) is 11.3 Å². The molecule has 2 N–H and O–H groups in total. The largest absolute Gasteiger partial charge is 0.325 e. The highest BCUT2D eigenvalue weighted by atomic mass is 35.5. The van der Waals surface area contributed by atoms with Gasteiger partial charge in [0.1, 0.15) is 0 Å². The quantitative estimate of drug-likeness (QED) is 0.789. The van der Waals surface area contributed by atoms with Gasteiger partial charge in [0.05, 0.1) is 11.4 Å². The van der Waals surface area contributed by atoms with Crippen molar-refractivity contribution in [3.63, 3.8) is 0 Å². The van der Waals surface area contributed by atoms with Crippen LogP contribution in [0.1, 0.15) is 5.69 Å². The summed E-state index contributed by atoms with van der Waals surface area (Å²) >= 11 is 5.80. The van der Waals surface area contributed by atoms with E-state index in [0.29, 0.717) is 6.54 Å². The normalized spacial score (nSPS) is 10.3. The topological polar surface area (TPSA) is 51.8 Å². The summed E-state index contributed by atoms with van der Waals surface area (Å²) in [7, 11) is 0. The lowest BCUT2D eigenvalue weighted by molar-refractivity contribution is 0.967. The highest BCUT2D eigenvalue weighted by Gasteiger charge is 2.03. The molecule has 1 aromatic carbocycles. The number of rotatable bonds is 2. The molecular formula is C11H10ClN3. The van der Waals surface area contributed by atoms with E-state index in [1.54, 1.807) is 0 Å². The van der Waals surface area contributed by atoms with Gasteiger partial charge >= 0.3 is 0 Å². The highest BCUT2D eigenvalue weighted by Crippen LogP contribution is 2.18. The summed E-state index contributed by atoms with van der Waals surface area (Å²) in [6, 6.07) is 11.6. The van der Waals surface area contributed by atoms with E-state index in [0.717, 1.165) is 17.0 Å². The summed E-state index contributed by atoms with van der Waals surface area (Å²) in [6.07, 6.45) is 0. The van der Waals surface area contributed by atoms with Crippen LogP contribution in [0.4, 0.5) is 0 Å². The Bertz CT molecular complexity index is 457. The monoisotopic (exact) mass is 219 g/mol. The fraction of sp³-hybridized carbons (Fsp3) is 0.0909. The number of nitrogens with zero attached hydrogens (tertiary/aromatic N) is 2. The average Bonchev–Trinajstić information content (AvgIpc) is 2.29. The molecule has 0 spiro atoms. The summed E-state index contributed by atoms with van der Waals surface area (Å²) in [6.45, 7) is 0.363. The van der Waals surface area contributed by atoms with Gasteiger partial charge < -0.3 is 5.73 Å². The number of nitrogens with two attached hydrogens (primary N) is 1. The van der Waals surface area contributed by atoms with Crippen LogP contribution in [0.15, 0.2) is 36.4 Å². The lowest BCUT2D eigenvalue weighted by atomic mass is 10.1. The van der Waals surface area contributed by atoms with Gasteiger partial charge in [-0.1, -0.05) is 30.3 Å². The lowest BCUT2D eigenvalue weighted by Crippen LogP contribution is -2.01. The zero-order chi connectivity index (χ0) is 10.7. The molecule has 3 nitrogen and oxygen atoms in total. The van der Waals surface area contributed by atoms with Crippen molar-refractivity contribution in [2.45, 2.75) is 6.54 Å². The predicted molar refractivity (Wildman–Crippen MR) is 60.4 cm³/mol. The minimum absolute atomic E-state index is 0.233. The fourth-order valence-electron chi connectivity index (χ4n) is 1.33. The molecule has 1 heterocycles. The molecule has 0 unspecified atom stereocenters. The van der Waals surface area contributed by atoms with E-state index in [1.165, 1.54) is 0 Å². The van der Waals surface area contributed by atoms with Crippen molar-refractivity contribution in [1.29, 1.82) is 0 Å². The summed E-state index contributed by atoms with van der Waals surface area (Å²) in [5, 5.41) is 0.233. The van der Waals surface area contributed by atoms with Crippen molar-refractivity contribution in [3.05, 3.63) is 47.4 Å². The number of aromatic nitrogens is 2. The van der Waals surface area contributed by atoms with Crippen LogP contribution in [0.2, 0.25) is 5.28 Å². The zero-order valence-electron chi connectivity index (χ0n) is 8.02. The molecule has 0 atom stereocenters. The number of hydrogen-bond acceptors (Lipinski definition) is 3. The zero-order valence-corrected chi connectivity index (χ0v) is 8.78. The Balaban J connectivity index is 2.49. The Kier molecular flexibility index (Phi) is 2.94. The molecule has 2 rings (SSSR count). The van der Waals surface area contributed by atoms with E-state index in [-0.39, 0.29) is 5.28 Å².